The van der Waals surface area contributed by atoms with E-state index in [1.807, 2.05) is 31.2 Å². The summed E-state index contributed by atoms with van der Waals surface area (Å²) in [6.07, 6.45) is 1.72. The topological polar surface area (TPSA) is 143 Å². The number of hydrogen-bond donors (Lipinski definition) is 2. The molecular weight excluding hydrogens is 560 g/mol. The van der Waals surface area contributed by atoms with Crippen molar-refractivity contribution < 1.29 is 19.1 Å². The number of aromatic nitrogens is 2. The van der Waals surface area contributed by atoms with E-state index in [-0.39, 0.29) is 23.3 Å². The zero-order valence-electron chi connectivity index (χ0n) is 22.8. The maximum atomic E-state index is 13.3. The Balaban J connectivity index is 1.38. The molecule has 2 heterocycles. The van der Waals surface area contributed by atoms with Gasteiger partial charge in [0.2, 0.25) is 11.0 Å². The Kier molecular flexibility index (Phi) is 8.28. The second-order valence-corrected chi connectivity index (χ2v) is 11.7. The minimum Gasteiger partial charge on any atom is -0.497 e. The number of carbonyl (C=O) groups is 2. The van der Waals surface area contributed by atoms with E-state index < -0.39 is 5.92 Å². The number of carbonyl (C=O) groups excluding carboxylic acids is 2. The molecule has 3 aromatic rings. The fourth-order valence-corrected chi connectivity index (χ4v) is 6.63. The standard InChI is InChI=1S/C29H28N6O4S2/c1-16-7-9-17(10-8-16)25-21(14-30)27(31)35(22-5-4-6-23(36)26(22)25)28-33-34-29(41-28)40-15-24(37)32-18-11-19(38-2)13-20(12-18)39-3/h7-13,25H,4-6,15,31H2,1-3H3,(H,32,37). The number of nitrogens with two attached hydrogens (primary N) is 1. The minimum atomic E-state index is -0.527. The van der Waals surface area contributed by atoms with Gasteiger partial charge in [-0.3, -0.25) is 14.5 Å². The quantitative estimate of drug-likeness (QED) is 0.349. The third-order valence-electron chi connectivity index (χ3n) is 6.87. The predicted octanol–water partition coefficient (Wildman–Crippen LogP) is 4.90. The molecular formula is C29H28N6O4S2. The van der Waals surface area contributed by atoms with Crippen LogP contribution in [0.3, 0.4) is 0 Å². The van der Waals surface area contributed by atoms with E-state index in [4.69, 9.17) is 15.2 Å². The molecule has 1 amide bonds. The molecule has 2 aromatic carbocycles. The lowest BCUT2D eigenvalue weighted by atomic mass is 9.75. The van der Waals surface area contributed by atoms with Crippen LogP contribution in [0.2, 0.25) is 0 Å². The first-order valence-electron chi connectivity index (χ1n) is 12.8. The zero-order chi connectivity index (χ0) is 29.1. The van der Waals surface area contributed by atoms with Crippen LogP contribution in [-0.4, -0.2) is 41.9 Å². The van der Waals surface area contributed by atoms with Crippen LogP contribution in [0.5, 0.6) is 11.5 Å². The number of aryl methyl sites for hydroxylation is 1. The first kappa shape index (κ1) is 28.2. The molecule has 0 fully saturated rings. The predicted molar refractivity (Wildman–Crippen MR) is 158 cm³/mol. The minimum absolute atomic E-state index is 0.00651. The van der Waals surface area contributed by atoms with Crippen LogP contribution in [0.1, 0.15) is 36.3 Å². The van der Waals surface area contributed by atoms with E-state index in [0.717, 1.165) is 16.8 Å². The zero-order valence-corrected chi connectivity index (χ0v) is 24.4. The molecule has 1 aliphatic heterocycles. The van der Waals surface area contributed by atoms with Crippen molar-refractivity contribution in [3.8, 4) is 17.6 Å². The molecule has 1 unspecified atom stereocenters. The molecule has 0 radical (unpaired) electrons. The molecule has 0 spiro atoms. The van der Waals surface area contributed by atoms with Crippen LogP contribution in [0.15, 0.2) is 69.5 Å². The van der Waals surface area contributed by atoms with Crippen LogP contribution in [0.25, 0.3) is 0 Å². The van der Waals surface area contributed by atoms with Crippen LogP contribution >= 0.6 is 23.1 Å². The van der Waals surface area contributed by atoms with Gasteiger partial charge < -0.3 is 20.5 Å². The highest BCUT2D eigenvalue weighted by atomic mass is 32.2. The van der Waals surface area contributed by atoms with E-state index in [9.17, 15) is 14.9 Å². The Bertz CT molecular complexity index is 1580. The molecule has 41 heavy (non-hydrogen) atoms. The second kappa shape index (κ2) is 12.0. The number of amides is 1. The van der Waals surface area contributed by atoms with Crippen molar-refractivity contribution in [2.24, 2.45) is 5.73 Å². The third kappa shape index (κ3) is 5.77. The molecule has 1 aromatic heterocycles. The number of nitrogens with zero attached hydrogens (tertiary/aromatic N) is 4. The van der Waals surface area contributed by atoms with Crippen LogP contribution in [0.4, 0.5) is 10.8 Å². The van der Waals surface area contributed by atoms with Gasteiger partial charge in [-0.05, 0) is 25.3 Å². The molecule has 10 nitrogen and oxygen atoms in total. The summed E-state index contributed by atoms with van der Waals surface area (Å²) in [6.45, 7) is 1.99. The molecule has 2 aliphatic rings. The number of ketones is 1. The maximum Gasteiger partial charge on any atom is 0.234 e. The van der Waals surface area contributed by atoms with E-state index in [1.54, 1.807) is 23.1 Å². The Morgan fingerprint density at radius 2 is 1.88 bits per heavy atom. The highest BCUT2D eigenvalue weighted by Gasteiger charge is 2.41. The van der Waals surface area contributed by atoms with Gasteiger partial charge in [-0.15, -0.1) is 10.2 Å². The van der Waals surface area contributed by atoms with Crippen molar-refractivity contribution in [2.45, 2.75) is 36.4 Å². The third-order valence-corrected chi connectivity index (χ3v) is 8.91. The molecule has 12 heteroatoms. The van der Waals surface area contributed by atoms with Gasteiger partial charge in [0, 0.05) is 41.6 Å². The van der Waals surface area contributed by atoms with Gasteiger partial charge in [0.25, 0.3) is 0 Å². The second-order valence-electron chi connectivity index (χ2n) is 9.52. The summed E-state index contributed by atoms with van der Waals surface area (Å²) in [4.78, 5) is 27.6. The van der Waals surface area contributed by atoms with Gasteiger partial charge in [0.05, 0.1) is 37.5 Å². The largest absolute Gasteiger partial charge is 0.497 e. The summed E-state index contributed by atoms with van der Waals surface area (Å²) in [5.74, 6) is 0.686. The summed E-state index contributed by atoms with van der Waals surface area (Å²) in [7, 11) is 3.08. The number of Topliss-reactive ketones (excluding diaryl/α,β-unsaturated/α-hetero) is 1. The van der Waals surface area contributed by atoms with Gasteiger partial charge >= 0.3 is 0 Å². The fourth-order valence-electron chi connectivity index (χ4n) is 4.95. The first-order valence-corrected chi connectivity index (χ1v) is 14.6. The smallest absolute Gasteiger partial charge is 0.234 e. The van der Waals surface area contributed by atoms with Crippen LogP contribution in [-0.2, 0) is 9.59 Å². The summed E-state index contributed by atoms with van der Waals surface area (Å²) >= 11 is 2.48. The Labute approximate surface area is 245 Å². The van der Waals surface area contributed by atoms with Crippen molar-refractivity contribution in [1.82, 2.24) is 10.2 Å². The van der Waals surface area contributed by atoms with Gasteiger partial charge in [-0.2, -0.15) is 5.26 Å². The van der Waals surface area contributed by atoms with Crippen LogP contribution < -0.4 is 25.4 Å². The fraction of sp³-hybridized carbons (Fsp3) is 0.276. The van der Waals surface area contributed by atoms with E-state index in [1.165, 1.54) is 37.3 Å². The molecule has 0 saturated carbocycles. The number of anilines is 2. The number of allylic oxidation sites excluding steroid dienone is 3. The summed E-state index contributed by atoms with van der Waals surface area (Å²) in [5, 5.41) is 22.0. The number of nitriles is 1. The van der Waals surface area contributed by atoms with Crippen molar-refractivity contribution in [2.75, 3.05) is 30.2 Å². The first-order chi connectivity index (χ1) is 19.8. The van der Waals surface area contributed by atoms with Gasteiger partial charge in [-0.25, -0.2) is 0 Å². The Morgan fingerprint density at radius 3 is 2.54 bits per heavy atom. The normalized spacial score (nSPS) is 16.8. The van der Waals surface area contributed by atoms with Crippen molar-refractivity contribution >= 4 is 45.6 Å². The van der Waals surface area contributed by atoms with E-state index in [0.29, 0.717) is 57.1 Å². The number of hydrogen-bond acceptors (Lipinski definition) is 11. The van der Waals surface area contributed by atoms with E-state index in [2.05, 4.69) is 21.6 Å². The number of thioether (sulfide) groups is 1. The maximum absolute atomic E-state index is 13.3. The van der Waals surface area contributed by atoms with Gasteiger partial charge in [0.1, 0.15) is 17.3 Å². The lowest BCUT2D eigenvalue weighted by Crippen LogP contribution is -2.38. The Morgan fingerprint density at radius 1 is 1.17 bits per heavy atom. The number of benzene rings is 2. The highest BCUT2D eigenvalue weighted by Crippen LogP contribution is 2.47. The average molecular weight is 589 g/mol. The molecule has 0 saturated heterocycles. The average Bonchev–Trinajstić information content (AvgIpc) is 3.44. The summed E-state index contributed by atoms with van der Waals surface area (Å²) in [5.41, 5.74) is 10.8. The van der Waals surface area contributed by atoms with E-state index >= 15 is 0 Å². The van der Waals surface area contributed by atoms with Crippen molar-refractivity contribution in [3.63, 3.8) is 0 Å². The van der Waals surface area contributed by atoms with Crippen molar-refractivity contribution in [3.05, 3.63) is 76.3 Å². The monoisotopic (exact) mass is 588 g/mol. The molecule has 1 aliphatic carbocycles. The van der Waals surface area contributed by atoms with Crippen LogP contribution in [0, 0.1) is 18.3 Å². The number of ether oxygens (including phenoxy) is 2. The van der Waals surface area contributed by atoms with Crippen molar-refractivity contribution in [1.29, 1.82) is 5.26 Å². The molecule has 0 bridgehead atoms. The number of methoxy groups -OCH3 is 2. The molecule has 210 valence electrons. The lowest BCUT2D eigenvalue weighted by molar-refractivity contribution is -0.116. The Hall–Kier alpha value is -4.34. The number of nitrogens with one attached hydrogen (secondary N) is 1. The SMILES string of the molecule is COc1cc(NC(=O)CSc2nnc(N3C(N)=C(C#N)C(c4ccc(C)cc4)C4=C3CCCC4=O)s2)cc(OC)c1. The molecule has 3 N–H and O–H groups in total. The van der Waals surface area contributed by atoms with Gasteiger partial charge in [0.15, 0.2) is 10.1 Å². The number of rotatable bonds is 8. The lowest BCUT2D eigenvalue weighted by Gasteiger charge is -2.38. The molecule has 5 rings (SSSR count). The highest BCUT2D eigenvalue weighted by molar-refractivity contribution is 8.01. The van der Waals surface area contributed by atoms with Gasteiger partial charge in [-0.1, -0.05) is 52.9 Å². The summed E-state index contributed by atoms with van der Waals surface area (Å²) in [6, 6.07) is 15.2. The molecule has 1 atom stereocenters. The summed E-state index contributed by atoms with van der Waals surface area (Å²) < 4.78 is 11.1.